The van der Waals surface area contributed by atoms with Gasteiger partial charge in [-0.3, -0.25) is 4.79 Å². The molecule has 116 valence electrons. The third-order valence-electron chi connectivity index (χ3n) is 4.73. The minimum absolute atomic E-state index is 0.123. The Bertz CT molecular complexity index is 295. The first-order valence-corrected chi connectivity index (χ1v) is 8.05. The maximum absolute atomic E-state index is 12.4. The van der Waals surface area contributed by atoms with Crippen LogP contribution in [0.4, 0.5) is 0 Å². The van der Waals surface area contributed by atoms with Gasteiger partial charge in [0.25, 0.3) is 0 Å². The van der Waals surface area contributed by atoms with E-state index in [9.17, 15) is 4.79 Å². The van der Waals surface area contributed by atoms with E-state index in [-0.39, 0.29) is 5.91 Å². The highest BCUT2D eigenvalue weighted by Crippen LogP contribution is 2.29. The Hall–Kier alpha value is -0.650. The minimum Gasteiger partial charge on any atom is -0.381 e. The standard InChI is InChI=1S/C15H29N3O2/c16-13-15(5-11-20-12-6-15)14(19)17-7-10-18-8-3-1-2-4-9-18/h1-13,16H2,(H,17,19). The van der Waals surface area contributed by atoms with Crippen LogP contribution >= 0.6 is 0 Å². The van der Waals surface area contributed by atoms with Crippen LogP contribution < -0.4 is 11.1 Å². The van der Waals surface area contributed by atoms with Gasteiger partial charge in [0.15, 0.2) is 0 Å². The van der Waals surface area contributed by atoms with Crippen molar-refractivity contribution in [1.29, 1.82) is 0 Å². The minimum atomic E-state index is -0.392. The molecule has 0 aliphatic carbocycles. The molecule has 2 fully saturated rings. The fourth-order valence-corrected chi connectivity index (χ4v) is 3.16. The zero-order chi connectivity index (χ0) is 14.3. The monoisotopic (exact) mass is 283 g/mol. The number of nitrogens with zero attached hydrogens (tertiary/aromatic N) is 1. The average Bonchev–Trinajstić information content (AvgIpc) is 2.76. The van der Waals surface area contributed by atoms with Gasteiger partial charge in [0.05, 0.1) is 5.41 Å². The quantitative estimate of drug-likeness (QED) is 0.781. The molecule has 0 aromatic carbocycles. The summed E-state index contributed by atoms with van der Waals surface area (Å²) in [7, 11) is 0. The van der Waals surface area contributed by atoms with Crippen molar-refractivity contribution in [3.8, 4) is 0 Å². The zero-order valence-electron chi connectivity index (χ0n) is 12.5. The molecule has 0 unspecified atom stereocenters. The summed E-state index contributed by atoms with van der Waals surface area (Å²) >= 11 is 0. The molecule has 2 heterocycles. The molecular weight excluding hydrogens is 254 g/mol. The molecule has 0 bridgehead atoms. The van der Waals surface area contributed by atoms with E-state index in [1.165, 1.54) is 38.8 Å². The van der Waals surface area contributed by atoms with Gasteiger partial charge in [-0.05, 0) is 38.8 Å². The Morgan fingerprint density at radius 2 is 1.80 bits per heavy atom. The van der Waals surface area contributed by atoms with Gasteiger partial charge in [0, 0.05) is 32.8 Å². The van der Waals surface area contributed by atoms with Crippen LogP contribution in [0.1, 0.15) is 38.5 Å². The number of nitrogens with one attached hydrogen (secondary N) is 1. The lowest BCUT2D eigenvalue weighted by Crippen LogP contribution is -2.50. The van der Waals surface area contributed by atoms with Crippen LogP contribution in [0.2, 0.25) is 0 Å². The summed E-state index contributed by atoms with van der Waals surface area (Å²) in [5.74, 6) is 0.123. The van der Waals surface area contributed by atoms with Gasteiger partial charge in [-0.1, -0.05) is 12.8 Å². The first kappa shape index (κ1) is 15.7. The number of carbonyl (C=O) groups excluding carboxylic acids is 1. The lowest BCUT2D eigenvalue weighted by atomic mass is 9.79. The third-order valence-corrected chi connectivity index (χ3v) is 4.73. The van der Waals surface area contributed by atoms with E-state index in [0.717, 1.165) is 25.9 Å². The van der Waals surface area contributed by atoms with Crippen LogP contribution in [0.3, 0.4) is 0 Å². The second-order valence-corrected chi connectivity index (χ2v) is 6.11. The molecular formula is C15H29N3O2. The summed E-state index contributed by atoms with van der Waals surface area (Å²) in [6.45, 7) is 5.77. The predicted octanol–water partition coefficient (Wildman–Crippen LogP) is 0.734. The summed E-state index contributed by atoms with van der Waals surface area (Å²) in [6.07, 6.45) is 6.77. The summed E-state index contributed by atoms with van der Waals surface area (Å²) < 4.78 is 5.35. The first-order valence-electron chi connectivity index (χ1n) is 8.05. The molecule has 5 heteroatoms. The Labute approximate surface area is 122 Å². The van der Waals surface area contributed by atoms with Crippen molar-refractivity contribution in [3.63, 3.8) is 0 Å². The summed E-state index contributed by atoms with van der Waals surface area (Å²) in [4.78, 5) is 14.9. The molecule has 2 aliphatic rings. The van der Waals surface area contributed by atoms with Crippen LogP contribution in [-0.4, -0.2) is 56.7 Å². The van der Waals surface area contributed by atoms with E-state index in [0.29, 0.717) is 19.8 Å². The molecule has 0 radical (unpaired) electrons. The molecule has 0 aromatic heterocycles. The maximum Gasteiger partial charge on any atom is 0.227 e. The van der Waals surface area contributed by atoms with Gasteiger partial charge < -0.3 is 20.7 Å². The van der Waals surface area contributed by atoms with Crippen molar-refractivity contribution in [2.75, 3.05) is 45.9 Å². The Morgan fingerprint density at radius 3 is 2.40 bits per heavy atom. The topological polar surface area (TPSA) is 67.6 Å². The molecule has 20 heavy (non-hydrogen) atoms. The average molecular weight is 283 g/mol. The van der Waals surface area contributed by atoms with E-state index >= 15 is 0 Å². The zero-order valence-corrected chi connectivity index (χ0v) is 12.5. The normalized spacial score (nSPS) is 24.1. The van der Waals surface area contributed by atoms with Crippen molar-refractivity contribution < 1.29 is 9.53 Å². The van der Waals surface area contributed by atoms with Crippen molar-refractivity contribution in [2.24, 2.45) is 11.1 Å². The molecule has 0 aromatic rings. The molecule has 5 nitrogen and oxygen atoms in total. The number of carbonyl (C=O) groups is 1. The van der Waals surface area contributed by atoms with E-state index in [1.807, 2.05) is 0 Å². The number of hydrogen-bond acceptors (Lipinski definition) is 4. The second-order valence-electron chi connectivity index (χ2n) is 6.11. The number of rotatable bonds is 5. The van der Waals surface area contributed by atoms with Crippen molar-refractivity contribution >= 4 is 5.91 Å². The van der Waals surface area contributed by atoms with E-state index in [2.05, 4.69) is 10.2 Å². The summed E-state index contributed by atoms with van der Waals surface area (Å²) in [6, 6.07) is 0. The van der Waals surface area contributed by atoms with Gasteiger partial charge in [-0.25, -0.2) is 0 Å². The molecule has 2 aliphatic heterocycles. The number of amides is 1. The highest BCUT2D eigenvalue weighted by Gasteiger charge is 2.38. The molecule has 0 spiro atoms. The number of hydrogen-bond donors (Lipinski definition) is 2. The number of likely N-dealkylation sites (tertiary alicyclic amines) is 1. The van der Waals surface area contributed by atoms with E-state index in [1.54, 1.807) is 0 Å². The summed E-state index contributed by atoms with van der Waals surface area (Å²) in [5, 5.41) is 3.10. The van der Waals surface area contributed by atoms with Crippen molar-refractivity contribution in [3.05, 3.63) is 0 Å². The SMILES string of the molecule is NCC1(C(=O)NCCN2CCCCCC2)CCOCC1. The Balaban J connectivity index is 1.73. The molecule has 1 amide bonds. The molecule has 0 atom stereocenters. The lowest BCUT2D eigenvalue weighted by molar-refractivity contribution is -0.135. The lowest BCUT2D eigenvalue weighted by Gasteiger charge is -2.34. The van der Waals surface area contributed by atoms with Gasteiger partial charge in [-0.2, -0.15) is 0 Å². The fraction of sp³-hybridized carbons (Fsp3) is 0.933. The highest BCUT2D eigenvalue weighted by molar-refractivity contribution is 5.83. The van der Waals surface area contributed by atoms with Crippen molar-refractivity contribution in [2.45, 2.75) is 38.5 Å². The largest absolute Gasteiger partial charge is 0.381 e. The number of ether oxygens (including phenoxy) is 1. The van der Waals surface area contributed by atoms with E-state index < -0.39 is 5.41 Å². The maximum atomic E-state index is 12.4. The van der Waals surface area contributed by atoms with Gasteiger partial charge in [0.2, 0.25) is 5.91 Å². The van der Waals surface area contributed by atoms with Crippen molar-refractivity contribution in [1.82, 2.24) is 10.2 Å². The van der Waals surface area contributed by atoms with Crippen LogP contribution in [0.15, 0.2) is 0 Å². The Morgan fingerprint density at radius 1 is 1.15 bits per heavy atom. The molecule has 0 saturated carbocycles. The molecule has 2 saturated heterocycles. The van der Waals surface area contributed by atoms with Crippen LogP contribution in [0.25, 0.3) is 0 Å². The molecule has 3 N–H and O–H groups in total. The third kappa shape index (κ3) is 4.17. The summed E-state index contributed by atoms with van der Waals surface area (Å²) in [5.41, 5.74) is 5.46. The Kier molecular flexibility index (Phi) is 6.26. The van der Waals surface area contributed by atoms with Gasteiger partial charge in [-0.15, -0.1) is 0 Å². The van der Waals surface area contributed by atoms with Gasteiger partial charge >= 0.3 is 0 Å². The van der Waals surface area contributed by atoms with Crippen LogP contribution in [-0.2, 0) is 9.53 Å². The smallest absolute Gasteiger partial charge is 0.227 e. The highest BCUT2D eigenvalue weighted by atomic mass is 16.5. The van der Waals surface area contributed by atoms with Gasteiger partial charge in [0.1, 0.15) is 0 Å². The van der Waals surface area contributed by atoms with E-state index in [4.69, 9.17) is 10.5 Å². The predicted molar refractivity (Wildman–Crippen MR) is 79.5 cm³/mol. The first-order chi connectivity index (χ1) is 9.77. The van der Waals surface area contributed by atoms with Crippen LogP contribution in [0, 0.1) is 5.41 Å². The second kappa shape index (κ2) is 7.96. The molecule has 2 rings (SSSR count). The number of nitrogens with two attached hydrogens (primary N) is 1. The van der Waals surface area contributed by atoms with Crippen LogP contribution in [0.5, 0.6) is 0 Å². The fourth-order valence-electron chi connectivity index (χ4n) is 3.16.